The topological polar surface area (TPSA) is 23.5 Å². The molecule has 1 heterocycles. The van der Waals surface area contributed by atoms with Crippen LogP contribution in [-0.2, 0) is 0 Å². The van der Waals surface area contributed by atoms with E-state index in [0.29, 0.717) is 6.04 Å². The predicted octanol–water partition coefficient (Wildman–Crippen LogP) is 0.851. The molecule has 0 amide bonds. The predicted molar refractivity (Wildman–Crippen MR) is 41.9 cm³/mol. The lowest BCUT2D eigenvalue weighted by Crippen LogP contribution is -2.27. The highest BCUT2D eigenvalue weighted by Crippen LogP contribution is 2.18. The van der Waals surface area contributed by atoms with Gasteiger partial charge in [-0.15, -0.1) is 0 Å². The first-order chi connectivity index (χ1) is 4.70. The number of aliphatic hydroxyl groups excluding tert-OH is 1. The SMILES string of the molecule is CC(O)C[C@H]1CCCN1C. The highest BCUT2D eigenvalue weighted by Gasteiger charge is 2.21. The summed E-state index contributed by atoms with van der Waals surface area (Å²) in [5, 5.41) is 9.10. The molecule has 60 valence electrons. The molecule has 0 spiro atoms. The molecule has 0 saturated carbocycles. The van der Waals surface area contributed by atoms with Crippen LogP contribution in [0, 0.1) is 0 Å². The van der Waals surface area contributed by atoms with Crippen LogP contribution in [0.25, 0.3) is 0 Å². The first-order valence-electron chi connectivity index (χ1n) is 4.08. The Morgan fingerprint density at radius 1 is 1.70 bits per heavy atom. The van der Waals surface area contributed by atoms with Crippen LogP contribution < -0.4 is 0 Å². The minimum absolute atomic E-state index is 0.134. The van der Waals surface area contributed by atoms with Crippen molar-refractivity contribution >= 4 is 0 Å². The van der Waals surface area contributed by atoms with Gasteiger partial charge >= 0.3 is 0 Å². The third kappa shape index (κ3) is 1.96. The molecule has 2 heteroatoms. The molecule has 0 aromatic rings. The Kier molecular flexibility index (Phi) is 2.69. The third-order valence-electron chi connectivity index (χ3n) is 2.28. The zero-order chi connectivity index (χ0) is 7.56. The summed E-state index contributed by atoms with van der Waals surface area (Å²) in [5.74, 6) is 0. The Morgan fingerprint density at radius 3 is 2.80 bits per heavy atom. The van der Waals surface area contributed by atoms with Gasteiger partial charge in [-0.25, -0.2) is 0 Å². The molecular formula is C8H17NO. The molecule has 2 nitrogen and oxygen atoms in total. The van der Waals surface area contributed by atoms with Crippen molar-refractivity contribution in [2.75, 3.05) is 13.6 Å². The van der Waals surface area contributed by atoms with Crippen molar-refractivity contribution in [3.05, 3.63) is 0 Å². The van der Waals surface area contributed by atoms with Crippen molar-refractivity contribution < 1.29 is 5.11 Å². The fourth-order valence-corrected chi connectivity index (χ4v) is 1.67. The van der Waals surface area contributed by atoms with Crippen molar-refractivity contribution in [2.24, 2.45) is 0 Å². The molecule has 1 unspecified atom stereocenters. The zero-order valence-electron chi connectivity index (χ0n) is 6.88. The molecule has 1 saturated heterocycles. The fourth-order valence-electron chi connectivity index (χ4n) is 1.67. The molecule has 2 atom stereocenters. The molecule has 1 N–H and O–H groups in total. The zero-order valence-corrected chi connectivity index (χ0v) is 6.88. The molecule has 1 aliphatic heterocycles. The maximum absolute atomic E-state index is 9.10. The van der Waals surface area contributed by atoms with Gasteiger partial charge in [0.1, 0.15) is 0 Å². The lowest BCUT2D eigenvalue weighted by Gasteiger charge is -2.20. The quantitative estimate of drug-likeness (QED) is 0.619. The Hall–Kier alpha value is -0.0800. The molecule has 10 heavy (non-hydrogen) atoms. The number of rotatable bonds is 2. The van der Waals surface area contributed by atoms with Crippen LogP contribution in [0.15, 0.2) is 0 Å². The molecule has 0 aromatic carbocycles. The second-order valence-corrected chi connectivity index (χ2v) is 3.36. The van der Waals surface area contributed by atoms with E-state index in [4.69, 9.17) is 5.11 Å². The highest BCUT2D eigenvalue weighted by molar-refractivity contribution is 4.77. The first-order valence-corrected chi connectivity index (χ1v) is 4.08. The van der Waals surface area contributed by atoms with E-state index >= 15 is 0 Å². The summed E-state index contributed by atoms with van der Waals surface area (Å²) in [4.78, 5) is 2.34. The highest BCUT2D eigenvalue weighted by atomic mass is 16.3. The van der Waals surface area contributed by atoms with Crippen molar-refractivity contribution in [1.29, 1.82) is 0 Å². The van der Waals surface area contributed by atoms with E-state index in [1.165, 1.54) is 19.4 Å². The molecule has 1 rings (SSSR count). The average Bonchev–Trinajstić information content (AvgIpc) is 2.15. The average molecular weight is 143 g/mol. The van der Waals surface area contributed by atoms with Gasteiger partial charge in [-0.3, -0.25) is 0 Å². The molecule has 0 aliphatic carbocycles. The van der Waals surface area contributed by atoms with E-state index in [0.717, 1.165) is 6.42 Å². The van der Waals surface area contributed by atoms with Crippen LogP contribution in [-0.4, -0.2) is 35.7 Å². The van der Waals surface area contributed by atoms with Crippen LogP contribution in [0.1, 0.15) is 26.2 Å². The lowest BCUT2D eigenvalue weighted by molar-refractivity contribution is 0.144. The minimum atomic E-state index is -0.134. The maximum Gasteiger partial charge on any atom is 0.0527 e. The standard InChI is InChI=1S/C8H17NO/c1-7(10)6-8-4-3-5-9(8)2/h7-8,10H,3-6H2,1-2H3/t7?,8-/m1/s1. The van der Waals surface area contributed by atoms with Gasteiger partial charge < -0.3 is 10.0 Å². The van der Waals surface area contributed by atoms with E-state index in [9.17, 15) is 0 Å². The third-order valence-corrected chi connectivity index (χ3v) is 2.28. The largest absolute Gasteiger partial charge is 0.393 e. The summed E-state index contributed by atoms with van der Waals surface area (Å²) in [7, 11) is 2.14. The van der Waals surface area contributed by atoms with Crippen LogP contribution in [0.3, 0.4) is 0 Å². The smallest absolute Gasteiger partial charge is 0.0527 e. The van der Waals surface area contributed by atoms with Gasteiger partial charge in [0.15, 0.2) is 0 Å². The van der Waals surface area contributed by atoms with Crippen molar-refractivity contribution in [3.8, 4) is 0 Å². The number of nitrogens with zero attached hydrogens (tertiary/aromatic N) is 1. The van der Waals surface area contributed by atoms with Gasteiger partial charge in [-0.2, -0.15) is 0 Å². The Labute approximate surface area is 62.8 Å². The first kappa shape index (κ1) is 8.02. The van der Waals surface area contributed by atoms with E-state index in [1.54, 1.807) is 0 Å². The summed E-state index contributed by atoms with van der Waals surface area (Å²) < 4.78 is 0. The summed E-state index contributed by atoms with van der Waals surface area (Å²) >= 11 is 0. The number of hydrogen-bond acceptors (Lipinski definition) is 2. The Morgan fingerprint density at radius 2 is 2.40 bits per heavy atom. The maximum atomic E-state index is 9.10. The van der Waals surface area contributed by atoms with Gasteiger partial charge in [0.2, 0.25) is 0 Å². The van der Waals surface area contributed by atoms with E-state index in [1.807, 2.05) is 6.92 Å². The summed E-state index contributed by atoms with van der Waals surface area (Å²) in [6, 6.07) is 0.639. The fraction of sp³-hybridized carbons (Fsp3) is 1.00. The van der Waals surface area contributed by atoms with Gasteiger partial charge in [0, 0.05) is 6.04 Å². The summed E-state index contributed by atoms with van der Waals surface area (Å²) in [6.07, 6.45) is 3.37. The number of likely N-dealkylation sites (tertiary alicyclic amines) is 1. The van der Waals surface area contributed by atoms with Gasteiger partial charge in [-0.1, -0.05) is 0 Å². The Balaban J connectivity index is 2.26. The van der Waals surface area contributed by atoms with Crippen LogP contribution >= 0.6 is 0 Å². The summed E-state index contributed by atoms with van der Waals surface area (Å²) in [5.41, 5.74) is 0. The van der Waals surface area contributed by atoms with Crippen LogP contribution in [0.5, 0.6) is 0 Å². The molecule has 0 radical (unpaired) electrons. The van der Waals surface area contributed by atoms with Crippen molar-refractivity contribution in [3.63, 3.8) is 0 Å². The van der Waals surface area contributed by atoms with Crippen LogP contribution in [0.2, 0.25) is 0 Å². The number of hydrogen-bond donors (Lipinski definition) is 1. The molecule has 0 bridgehead atoms. The van der Waals surface area contributed by atoms with Crippen molar-refractivity contribution in [2.45, 2.75) is 38.3 Å². The van der Waals surface area contributed by atoms with E-state index < -0.39 is 0 Å². The van der Waals surface area contributed by atoms with Gasteiger partial charge in [0.05, 0.1) is 6.10 Å². The summed E-state index contributed by atoms with van der Waals surface area (Å²) in [6.45, 7) is 3.07. The Bertz CT molecular complexity index is 103. The molecular weight excluding hydrogens is 126 g/mol. The lowest BCUT2D eigenvalue weighted by atomic mass is 10.1. The second-order valence-electron chi connectivity index (χ2n) is 3.36. The van der Waals surface area contributed by atoms with Crippen LogP contribution in [0.4, 0.5) is 0 Å². The van der Waals surface area contributed by atoms with Gasteiger partial charge in [0.25, 0.3) is 0 Å². The van der Waals surface area contributed by atoms with Gasteiger partial charge in [-0.05, 0) is 39.8 Å². The normalized spacial score (nSPS) is 30.9. The van der Waals surface area contributed by atoms with Crippen molar-refractivity contribution in [1.82, 2.24) is 4.90 Å². The second kappa shape index (κ2) is 3.35. The molecule has 0 aromatic heterocycles. The van der Waals surface area contributed by atoms with E-state index in [-0.39, 0.29) is 6.10 Å². The monoisotopic (exact) mass is 143 g/mol. The minimum Gasteiger partial charge on any atom is -0.393 e. The molecule has 1 fully saturated rings. The number of aliphatic hydroxyl groups is 1. The molecule has 1 aliphatic rings. The van der Waals surface area contributed by atoms with E-state index in [2.05, 4.69) is 11.9 Å².